The fourth-order valence-electron chi connectivity index (χ4n) is 7.83. The molecule has 4 heteroatoms. The Kier molecular flexibility index (Phi) is 6.51. The third-order valence-electron chi connectivity index (χ3n) is 9.78. The number of hydrogen-bond donors (Lipinski definition) is 0. The molecule has 2 saturated heterocycles. The van der Waals surface area contributed by atoms with E-state index in [0.29, 0.717) is 11.8 Å². The average Bonchev–Trinajstić information content (AvgIpc) is 3.18. The molecule has 2 saturated carbocycles. The SMILES string of the molecule is C=C1CCC[C@]2(C)C[C@H]3OC(=O)[C@H](CN4CCN(C(c5ccccc5)c5ccccc5)CC4)[C@@H]3C[C@@H]12. The minimum absolute atomic E-state index is 0.0138. The fourth-order valence-corrected chi connectivity index (χ4v) is 7.83. The summed E-state index contributed by atoms with van der Waals surface area (Å²) in [6.07, 6.45) is 5.85. The van der Waals surface area contributed by atoms with Crippen molar-refractivity contribution in [2.24, 2.45) is 23.2 Å². The van der Waals surface area contributed by atoms with Crippen LogP contribution in [0.1, 0.15) is 56.2 Å². The zero-order valence-electron chi connectivity index (χ0n) is 21.6. The van der Waals surface area contributed by atoms with Crippen LogP contribution in [0, 0.1) is 23.2 Å². The van der Waals surface area contributed by atoms with Gasteiger partial charge in [-0.25, -0.2) is 0 Å². The van der Waals surface area contributed by atoms with Crippen molar-refractivity contribution in [2.45, 2.75) is 51.2 Å². The monoisotopic (exact) mass is 484 g/mol. The van der Waals surface area contributed by atoms with Crippen LogP contribution in [0.2, 0.25) is 0 Å². The van der Waals surface area contributed by atoms with Crippen molar-refractivity contribution in [1.82, 2.24) is 9.80 Å². The maximum atomic E-state index is 13.1. The van der Waals surface area contributed by atoms with Gasteiger partial charge in [-0.15, -0.1) is 0 Å². The number of carbonyl (C=O) groups is 1. The highest BCUT2D eigenvalue weighted by Crippen LogP contribution is 2.57. The number of allylic oxidation sites excluding steroid dienone is 1. The third-order valence-corrected chi connectivity index (χ3v) is 9.78. The van der Waals surface area contributed by atoms with Crippen molar-refractivity contribution < 1.29 is 9.53 Å². The molecule has 4 fully saturated rings. The summed E-state index contributed by atoms with van der Waals surface area (Å²) in [5, 5.41) is 0. The molecule has 190 valence electrons. The Morgan fingerprint density at radius 2 is 1.64 bits per heavy atom. The molecule has 0 radical (unpaired) electrons. The summed E-state index contributed by atoms with van der Waals surface area (Å²) in [6, 6.07) is 22.0. The van der Waals surface area contributed by atoms with Crippen LogP contribution in [0.15, 0.2) is 72.8 Å². The number of hydrogen-bond acceptors (Lipinski definition) is 4. The number of nitrogens with zero attached hydrogens (tertiary/aromatic N) is 2. The molecule has 36 heavy (non-hydrogen) atoms. The van der Waals surface area contributed by atoms with E-state index in [1.807, 2.05) is 0 Å². The van der Waals surface area contributed by atoms with Crippen LogP contribution in [0.4, 0.5) is 0 Å². The molecule has 4 aliphatic rings. The van der Waals surface area contributed by atoms with Crippen molar-refractivity contribution in [3.8, 4) is 0 Å². The van der Waals surface area contributed by atoms with Gasteiger partial charge in [0.1, 0.15) is 6.10 Å². The van der Waals surface area contributed by atoms with Crippen LogP contribution in [-0.4, -0.2) is 54.6 Å². The van der Waals surface area contributed by atoms with Gasteiger partial charge < -0.3 is 4.74 Å². The Morgan fingerprint density at radius 3 is 2.28 bits per heavy atom. The van der Waals surface area contributed by atoms with Gasteiger partial charge in [-0.05, 0) is 54.6 Å². The summed E-state index contributed by atoms with van der Waals surface area (Å²) in [6.45, 7) is 11.7. The molecule has 5 atom stereocenters. The first-order valence-corrected chi connectivity index (χ1v) is 14.0. The van der Waals surface area contributed by atoms with Crippen molar-refractivity contribution in [2.75, 3.05) is 32.7 Å². The summed E-state index contributed by atoms with van der Waals surface area (Å²) in [4.78, 5) is 18.2. The minimum atomic E-state index is 0.0138. The highest BCUT2D eigenvalue weighted by molar-refractivity contribution is 5.75. The van der Waals surface area contributed by atoms with Crippen molar-refractivity contribution in [1.29, 1.82) is 0 Å². The average molecular weight is 485 g/mol. The Bertz CT molecular complexity index is 1040. The zero-order chi connectivity index (χ0) is 24.7. The number of piperazine rings is 1. The van der Waals surface area contributed by atoms with Crippen LogP contribution < -0.4 is 0 Å². The molecular weight excluding hydrogens is 444 g/mol. The summed E-state index contributed by atoms with van der Waals surface area (Å²) < 4.78 is 6.04. The maximum absolute atomic E-state index is 13.1. The number of benzene rings is 2. The Hall–Kier alpha value is -2.43. The van der Waals surface area contributed by atoms with Gasteiger partial charge in [0.05, 0.1) is 12.0 Å². The summed E-state index contributed by atoms with van der Waals surface area (Å²) in [5.41, 5.74) is 4.37. The van der Waals surface area contributed by atoms with E-state index in [1.54, 1.807) is 0 Å². The highest BCUT2D eigenvalue weighted by atomic mass is 16.6. The van der Waals surface area contributed by atoms with E-state index in [2.05, 4.69) is 84.0 Å². The van der Waals surface area contributed by atoms with Crippen molar-refractivity contribution in [3.63, 3.8) is 0 Å². The number of esters is 1. The summed E-state index contributed by atoms with van der Waals surface area (Å²) >= 11 is 0. The number of ether oxygens (including phenoxy) is 1. The lowest BCUT2D eigenvalue weighted by molar-refractivity contribution is -0.146. The lowest BCUT2D eigenvalue weighted by Crippen LogP contribution is -2.50. The second-order valence-corrected chi connectivity index (χ2v) is 12.0. The number of rotatable bonds is 5. The molecule has 2 aliphatic carbocycles. The van der Waals surface area contributed by atoms with Gasteiger partial charge >= 0.3 is 5.97 Å². The van der Waals surface area contributed by atoms with E-state index in [-0.39, 0.29) is 29.4 Å². The molecule has 0 unspecified atom stereocenters. The van der Waals surface area contributed by atoms with Gasteiger partial charge in [-0.2, -0.15) is 0 Å². The third kappa shape index (κ3) is 4.43. The first kappa shape index (κ1) is 23.9. The predicted octanol–water partition coefficient (Wildman–Crippen LogP) is 5.71. The zero-order valence-corrected chi connectivity index (χ0v) is 21.6. The van der Waals surface area contributed by atoms with E-state index in [0.717, 1.165) is 52.0 Å². The van der Waals surface area contributed by atoms with Gasteiger partial charge in [0.15, 0.2) is 0 Å². The lowest BCUT2D eigenvalue weighted by Gasteiger charge is -2.50. The topological polar surface area (TPSA) is 32.8 Å². The van der Waals surface area contributed by atoms with Crippen molar-refractivity contribution >= 4 is 5.97 Å². The molecule has 2 aromatic rings. The maximum Gasteiger partial charge on any atom is 0.310 e. The smallest absolute Gasteiger partial charge is 0.310 e. The minimum Gasteiger partial charge on any atom is -0.462 e. The largest absolute Gasteiger partial charge is 0.462 e. The normalized spacial score (nSPS) is 33.3. The van der Waals surface area contributed by atoms with Gasteiger partial charge in [-0.1, -0.05) is 79.7 Å². The first-order valence-electron chi connectivity index (χ1n) is 14.0. The van der Waals surface area contributed by atoms with E-state index in [1.165, 1.54) is 29.5 Å². The van der Waals surface area contributed by atoms with Gasteiger partial charge in [0.25, 0.3) is 0 Å². The lowest BCUT2D eigenvalue weighted by atomic mass is 9.55. The Labute approximate surface area is 216 Å². The predicted molar refractivity (Wildman–Crippen MR) is 143 cm³/mol. The van der Waals surface area contributed by atoms with Crippen LogP contribution in [0.3, 0.4) is 0 Å². The molecular formula is C32H40N2O2. The first-order chi connectivity index (χ1) is 17.5. The second kappa shape index (κ2) is 9.79. The van der Waals surface area contributed by atoms with Gasteiger partial charge in [-0.3, -0.25) is 14.6 Å². The van der Waals surface area contributed by atoms with E-state index >= 15 is 0 Å². The standard InChI is InChI=1S/C32H40N2O2/c1-23-10-9-15-32(2)21-29-26(20-28(23)32)27(31(35)36-29)22-33-16-18-34(19-17-33)30(24-11-5-3-6-12-24)25-13-7-4-8-14-25/h3-8,11-14,26-30H,1,9-10,15-22H2,2H3/t26-,27+,28-,29+,32+/m0/s1. The van der Waals surface area contributed by atoms with Crippen LogP contribution in [0.25, 0.3) is 0 Å². The number of carbonyl (C=O) groups excluding carboxylic acids is 1. The number of fused-ring (bicyclic) bond motifs is 2. The Balaban J connectivity index is 1.13. The van der Waals surface area contributed by atoms with Gasteiger partial charge in [0.2, 0.25) is 0 Å². The molecule has 0 bridgehead atoms. The fraction of sp³-hybridized carbons (Fsp3) is 0.531. The molecule has 2 heterocycles. The quantitative estimate of drug-likeness (QED) is 0.402. The van der Waals surface area contributed by atoms with Crippen LogP contribution in [0.5, 0.6) is 0 Å². The Morgan fingerprint density at radius 1 is 1.00 bits per heavy atom. The van der Waals surface area contributed by atoms with Gasteiger partial charge in [0, 0.05) is 38.6 Å². The molecule has 6 rings (SSSR count). The summed E-state index contributed by atoms with van der Waals surface area (Å²) in [5.74, 6) is 0.968. The van der Waals surface area contributed by atoms with Crippen LogP contribution >= 0.6 is 0 Å². The summed E-state index contributed by atoms with van der Waals surface area (Å²) in [7, 11) is 0. The van der Waals surface area contributed by atoms with Crippen molar-refractivity contribution in [3.05, 3.63) is 83.9 Å². The van der Waals surface area contributed by atoms with Crippen LogP contribution in [-0.2, 0) is 9.53 Å². The van der Waals surface area contributed by atoms with E-state index in [4.69, 9.17) is 4.74 Å². The molecule has 0 aromatic heterocycles. The molecule has 2 aliphatic heterocycles. The van der Waals surface area contributed by atoms with E-state index < -0.39 is 0 Å². The molecule has 0 spiro atoms. The second-order valence-electron chi connectivity index (χ2n) is 12.0. The molecule has 4 nitrogen and oxygen atoms in total. The van der Waals surface area contributed by atoms with E-state index in [9.17, 15) is 4.79 Å². The molecule has 0 N–H and O–H groups in total. The molecule has 2 aromatic carbocycles. The highest BCUT2D eigenvalue weighted by Gasteiger charge is 2.55. The molecule has 0 amide bonds.